The summed E-state index contributed by atoms with van der Waals surface area (Å²) < 4.78 is 11.2. The van der Waals surface area contributed by atoms with E-state index in [1.54, 1.807) is 0 Å². The van der Waals surface area contributed by atoms with Crippen molar-refractivity contribution in [1.29, 1.82) is 0 Å². The minimum absolute atomic E-state index is 0.0527. The number of allylic oxidation sites excluding steroid dienone is 2. The van der Waals surface area contributed by atoms with Crippen LogP contribution in [-0.4, -0.2) is 22.6 Å². The van der Waals surface area contributed by atoms with E-state index in [0.29, 0.717) is 41.9 Å². The Morgan fingerprint density at radius 1 is 1.18 bits per heavy atom. The van der Waals surface area contributed by atoms with Gasteiger partial charge in [-0.3, -0.25) is 4.79 Å². The first-order valence-corrected chi connectivity index (χ1v) is 10.2. The average Bonchev–Trinajstić information content (AvgIpc) is 3.16. The Bertz CT molecular complexity index is 872. The van der Waals surface area contributed by atoms with Gasteiger partial charge in [-0.25, -0.2) is 0 Å². The highest BCUT2D eigenvalue weighted by molar-refractivity contribution is 5.76. The first kappa shape index (κ1) is 17.5. The average molecular weight is 379 g/mol. The number of benzene rings is 1. The molecule has 0 radical (unpaired) electrons. The lowest BCUT2D eigenvalue weighted by Gasteiger charge is -2.20. The fourth-order valence-electron chi connectivity index (χ4n) is 5.02. The van der Waals surface area contributed by atoms with E-state index in [4.69, 9.17) is 9.15 Å². The van der Waals surface area contributed by atoms with Gasteiger partial charge < -0.3 is 14.5 Å². The Balaban J connectivity index is 1.04. The number of rotatable bonds is 8. The Hall–Kier alpha value is -2.63. The molecule has 146 valence electrons. The molecule has 2 fully saturated rings. The zero-order chi connectivity index (χ0) is 19.0. The lowest BCUT2D eigenvalue weighted by atomic mass is 9.89. The molecule has 2 bridgehead atoms. The number of carbonyl (C=O) groups is 1. The zero-order valence-corrected chi connectivity index (χ0v) is 15.8. The monoisotopic (exact) mass is 379 g/mol. The summed E-state index contributed by atoms with van der Waals surface area (Å²) >= 11 is 0. The fraction of sp³-hybridized carbons (Fsp3) is 0.500. The molecule has 6 nitrogen and oxygen atoms in total. The number of aromatic nitrogens is 2. The van der Waals surface area contributed by atoms with E-state index < -0.39 is 0 Å². The Morgan fingerprint density at radius 2 is 2.00 bits per heavy atom. The van der Waals surface area contributed by atoms with Crippen molar-refractivity contribution in [2.24, 2.45) is 23.2 Å². The second kappa shape index (κ2) is 7.08. The van der Waals surface area contributed by atoms with Gasteiger partial charge in [0.1, 0.15) is 5.75 Å². The molecule has 1 spiro atoms. The molecule has 2 saturated carbocycles. The number of nitrogens with one attached hydrogen (secondary N) is 1. The maximum absolute atomic E-state index is 12.2. The normalized spacial score (nSPS) is 25.9. The third kappa shape index (κ3) is 3.32. The minimum Gasteiger partial charge on any atom is -0.484 e. The second-order valence-corrected chi connectivity index (χ2v) is 8.24. The van der Waals surface area contributed by atoms with Gasteiger partial charge in [0.25, 0.3) is 5.89 Å². The smallest absolute Gasteiger partial charge is 0.253 e. The van der Waals surface area contributed by atoms with Crippen LogP contribution in [0.5, 0.6) is 5.75 Å². The Morgan fingerprint density at radius 3 is 2.79 bits per heavy atom. The lowest BCUT2D eigenvalue weighted by Crippen LogP contribution is -2.31. The predicted octanol–water partition coefficient (Wildman–Crippen LogP) is 3.30. The van der Waals surface area contributed by atoms with Gasteiger partial charge in [-0.1, -0.05) is 30.4 Å². The van der Waals surface area contributed by atoms with Crippen molar-refractivity contribution in [3.63, 3.8) is 0 Å². The van der Waals surface area contributed by atoms with Crippen molar-refractivity contribution in [3.05, 3.63) is 54.3 Å². The standard InChI is InChI=1S/C22H25N3O3/c26-19(23-13-15-12-16-6-7-18(15)22(16)10-11-22)8-9-20-24-25-21(28-20)14-27-17-4-2-1-3-5-17/h1-7,15-16,18H,8-14H2,(H,23,26)/t15-,16-,18-/m0/s1. The van der Waals surface area contributed by atoms with Gasteiger partial charge in [-0.05, 0) is 54.6 Å². The van der Waals surface area contributed by atoms with Gasteiger partial charge in [0, 0.05) is 19.4 Å². The van der Waals surface area contributed by atoms with Crippen LogP contribution in [0.4, 0.5) is 0 Å². The predicted molar refractivity (Wildman–Crippen MR) is 102 cm³/mol. The summed E-state index contributed by atoms with van der Waals surface area (Å²) in [4.78, 5) is 12.2. The summed E-state index contributed by atoms with van der Waals surface area (Å²) in [6, 6.07) is 9.49. The summed E-state index contributed by atoms with van der Waals surface area (Å²) in [7, 11) is 0. The first-order valence-electron chi connectivity index (χ1n) is 10.2. The van der Waals surface area contributed by atoms with E-state index in [2.05, 4.69) is 27.7 Å². The van der Waals surface area contributed by atoms with Gasteiger partial charge >= 0.3 is 0 Å². The fourth-order valence-corrected chi connectivity index (χ4v) is 5.02. The van der Waals surface area contributed by atoms with Crippen LogP contribution >= 0.6 is 0 Å². The van der Waals surface area contributed by atoms with E-state index in [1.165, 1.54) is 19.3 Å². The third-order valence-electron chi connectivity index (χ3n) is 6.59. The summed E-state index contributed by atoms with van der Waals surface area (Å²) in [5.41, 5.74) is 0.581. The number of para-hydroxylation sites is 1. The van der Waals surface area contributed by atoms with E-state index in [1.807, 2.05) is 30.3 Å². The summed E-state index contributed by atoms with van der Waals surface area (Å²) in [5, 5.41) is 11.1. The second-order valence-electron chi connectivity index (χ2n) is 8.24. The summed E-state index contributed by atoms with van der Waals surface area (Å²) in [6.07, 6.45) is 9.59. The number of carbonyl (C=O) groups excluding carboxylic acids is 1. The van der Waals surface area contributed by atoms with Gasteiger partial charge in [0.2, 0.25) is 11.8 Å². The lowest BCUT2D eigenvalue weighted by molar-refractivity contribution is -0.121. The molecule has 28 heavy (non-hydrogen) atoms. The number of nitrogens with zero attached hydrogens (tertiary/aromatic N) is 2. The molecule has 5 rings (SSSR count). The Labute approximate surface area is 164 Å². The molecule has 0 aliphatic heterocycles. The van der Waals surface area contributed by atoms with Crippen LogP contribution in [0.25, 0.3) is 0 Å². The number of aryl methyl sites for hydroxylation is 1. The molecule has 1 heterocycles. The van der Waals surface area contributed by atoms with Gasteiger partial charge in [-0.2, -0.15) is 0 Å². The molecule has 0 unspecified atom stereocenters. The highest BCUT2D eigenvalue weighted by Crippen LogP contribution is 2.69. The first-order chi connectivity index (χ1) is 13.7. The largest absolute Gasteiger partial charge is 0.484 e. The summed E-state index contributed by atoms with van der Waals surface area (Å²) in [5.74, 6) is 3.74. The molecule has 3 aliphatic rings. The molecule has 0 saturated heterocycles. The summed E-state index contributed by atoms with van der Waals surface area (Å²) in [6.45, 7) is 1.01. The van der Waals surface area contributed by atoms with Crippen LogP contribution in [-0.2, 0) is 17.8 Å². The molecule has 1 N–H and O–H groups in total. The van der Waals surface area contributed by atoms with Crippen LogP contribution in [0.1, 0.15) is 37.5 Å². The minimum atomic E-state index is 0.0527. The quantitative estimate of drug-likeness (QED) is 0.712. The third-order valence-corrected chi connectivity index (χ3v) is 6.59. The van der Waals surface area contributed by atoms with E-state index in [-0.39, 0.29) is 12.5 Å². The molecular formula is C22H25N3O3. The number of ether oxygens (including phenoxy) is 1. The van der Waals surface area contributed by atoms with Crippen LogP contribution in [0.3, 0.4) is 0 Å². The van der Waals surface area contributed by atoms with Gasteiger partial charge in [-0.15, -0.1) is 10.2 Å². The van der Waals surface area contributed by atoms with Crippen molar-refractivity contribution in [1.82, 2.24) is 15.5 Å². The van der Waals surface area contributed by atoms with Crippen LogP contribution < -0.4 is 10.1 Å². The molecule has 2 aromatic rings. The molecule has 1 aromatic heterocycles. The molecule has 6 heteroatoms. The molecule has 1 amide bonds. The molecule has 3 aliphatic carbocycles. The molecule has 3 atom stereocenters. The molecular weight excluding hydrogens is 354 g/mol. The number of hydrogen-bond acceptors (Lipinski definition) is 5. The number of hydrogen-bond donors (Lipinski definition) is 1. The van der Waals surface area contributed by atoms with Crippen LogP contribution in [0, 0.1) is 23.2 Å². The maximum atomic E-state index is 12.2. The zero-order valence-electron chi connectivity index (χ0n) is 15.8. The maximum Gasteiger partial charge on any atom is 0.253 e. The van der Waals surface area contributed by atoms with E-state index in [9.17, 15) is 4.79 Å². The van der Waals surface area contributed by atoms with Crippen molar-refractivity contribution in [2.75, 3.05) is 6.54 Å². The van der Waals surface area contributed by atoms with Crippen molar-refractivity contribution in [2.45, 2.75) is 38.7 Å². The van der Waals surface area contributed by atoms with Crippen LogP contribution in [0.15, 0.2) is 46.9 Å². The highest BCUT2D eigenvalue weighted by Gasteiger charge is 2.62. The van der Waals surface area contributed by atoms with Gasteiger partial charge in [0.05, 0.1) is 0 Å². The SMILES string of the molecule is O=C(CCc1nnc(COc2ccccc2)o1)NC[C@@H]1C[C@@H]2C=C[C@@H]1C21CC1. The van der Waals surface area contributed by atoms with Crippen LogP contribution in [0.2, 0.25) is 0 Å². The van der Waals surface area contributed by atoms with Crippen molar-refractivity contribution in [3.8, 4) is 5.75 Å². The van der Waals surface area contributed by atoms with E-state index in [0.717, 1.165) is 18.2 Å². The van der Waals surface area contributed by atoms with Gasteiger partial charge in [0.15, 0.2) is 6.61 Å². The topological polar surface area (TPSA) is 77.2 Å². The van der Waals surface area contributed by atoms with E-state index >= 15 is 0 Å². The highest BCUT2D eigenvalue weighted by atomic mass is 16.5. The Kier molecular flexibility index (Phi) is 4.41. The van der Waals surface area contributed by atoms with Crippen molar-refractivity contribution >= 4 is 5.91 Å². The number of amides is 1. The molecule has 1 aromatic carbocycles. The van der Waals surface area contributed by atoms with Crippen molar-refractivity contribution < 1.29 is 13.9 Å².